The van der Waals surface area contributed by atoms with Gasteiger partial charge in [-0.25, -0.2) is 4.79 Å². The molecule has 5 aromatic rings. The third kappa shape index (κ3) is 4.12. The molecule has 0 radical (unpaired) electrons. The average Bonchev–Trinajstić information content (AvgIpc) is 3.47. The number of ether oxygens (including phenoxy) is 2. The first-order valence-electron chi connectivity index (χ1n) is 12.6. The van der Waals surface area contributed by atoms with Gasteiger partial charge in [0.2, 0.25) is 5.91 Å². The normalized spacial score (nSPS) is 15.0. The minimum atomic E-state index is -0.518. The minimum Gasteiger partial charge on any atom is -0.497 e. The number of amides is 1. The molecular weight excluding hydrogens is 484 g/mol. The maximum absolute atomic E-state index is 13.5. The largest absolute Gasteiger partial charge is 0.497 e. The Morgan fingerprint density at radius 2 is 1.82 bits per heavy atom. The molecule has 1 atom stereocenters. The number of aromatic amines is 1. The van der Waals surface area contributed by atoms with Crippen LogP contribution in [0.2, 0.25) is 0 Å². The summed E-state index contributed by atoms with van der Waals surface area (Å²) in [7, 11) is 3.26. The van der Waals surface area contributed by atoms with Crippen molar-refractivity contribution in [2.24, 2.45) is 0 Å². The quantitative estimate of drug-likeness (QED) is 0.307. The van der Waals surface area contributed by atoms with Gasteiger partial charge in [-0.05, 0) is 74.2 Å². The number of carbonyl (C=O) groups is 1. The van der Waals surface area contributed by atoms with Crippen LogP contribution in [0.25, 0.3) is 33.2 Å². The van der Waals surface area contributed by atoms with Gasteiger partial charge in [-0.3, -0.25) is 4.79 Å². The molecule has 194 valence electrons. The summed E-state index contributed by atoms with van der Waals surface area (Å²) < 4.78 is 22.2. The summed E-state index contributed by atoms with van der Waals surface area (Å²) in [6.45, 7) is 1.69. The Hall–Kier alpha value is -4.46. The van der Waals surface area contributed by atoms with Crippen molar-refractivity contribution in [3.05, 3.63) is 81.5 Å². The molecule has 0 saturated carbocycles. The molecule has 0 fully saturated rings. The molecule has 0 aliphatic heterocycles. The van der Waals surface area contributed by atoms with Gasteiger partial charge >= 0.3 is 5.63 Å². The molecule has 1 unspecified atom stereocenters. The van der Waals surface area contributed by atoms with Gasteiger partial charge in [0.15, 0.2) is 0 Å². The lowest BCUT2D eigenvalue weighted by Crippen LogP contribution is -2.32. The summed E-state index contributed by atoms with van der Waals surface area (Å²) in [5.41, 5.74) is 4.38. The Morgan fingerprint density at radius 3 is 2.58 bits per heavy atom. The van der Waals surface area contributed by atoms with E-state index in [0.29, 0.717) is 33.8 Å². The molecule has 38 heavy (non-hydrogen) atoms. The average molecular weight is 513 g/mol. The van der Waals surface area contributed by atoms with E-state index in [-0.39, 0.29) is 18.4 Å². The number of fused-ring (bicyclic) bond motifs is 4. The Kier molecular flexibility index (Phi) is 5.94. The van der Waals surface area contributed by atoms with Crippen molar-refractivity contribution in [1.29, 1.82) is 0 Å². The zero-order valence-corrected chi connectivity index (χ0v) is 21.5. The number of hydrogen-bond donors (Lipinski definition) is 2. The van der Waals surface area contributed by atoms with Crippen LogP contribution in [0.5, 0.6) is 11.5 Å². The third-order valence-corrected chi connectivity index (χ3v) is 7.27. The van der Waals surface area contributed by atoms with Crippen LogP contribution in [0.4, 0.5) is 0 Å². The van der Waals surface area contributed by atoms with Gasteiger partial charge in [-0.1, -0.05) is 0 Å². The molecule has 0 spiro atoms. The van der Waals surface area contributed by atoms with Crippen molar-refractivity contribution in [2.45, 2.75) is 38.6 Å². The second kappa shape index (κ2) is 9.45. The number of rotatable bonds is 6. The molecule has 8 heteroatoms. The fourth-order valence-electron chi connectivity index (χ4n) is 5.48. The van der Waals surface area contributed by atoms with Crippen molar-refractivity contribution in [3.63, 3.8) is 0 Å². The minimum absolute atomic E-state index is 0.0257. The van der Waals surface area contributed by atoms with Gasteiger partial charge in [-0.2, -0.15) is 0 Å². The summed E-state index contributed by atoms with van der Waals surface area (Å²) in [6, 6.07) is 14.8. The summed E-state index contributed by atoms with van der Waals surface area (Å²) >= 11 is 0. The number of furan rings is 1. The van der Waals surface area contributed by atoms with Crippen LogP contribution in [-0.2, 0) is 17.6 Å². The summed E-state index contributed by atoms with van der Waals surface area (Å²) in [4.78, 5) is 29.8. The smallest absolute Gasteiger partial charge is 0.347 e. The second-order valence-corrected chi connectivity index (χ2v) is 9.64. The Morgan fingerprint density at radius 1 is 1.05 bits per heavy atom. The molecule has 3 heterocycles. The van der Waals surface area contributed by atoms with E-state index in [9.17, 15) is 9.59 Å². The van der Waals surface area contributed by atoms with Gasteiger partial charge in [0.05, 0.1) is 26.7 Å². The van der Waals surface area contributed by atoms with Gasteiger partial charge in [0.25, 0.3) is 0 Å². The van der Waals surface area contributed by atoms with Crippen molar-refractivity contribution >= 4 is 27.8 Å². The lowest BCUT2D eigenvalue weighted by Gasteiger charge is -2.24. The molecule has 2 N–H and O–H groups in total. The van der Waals surface area contributed by atoms with Gasteiger partial charge < -0.3 is 28.6 Å². The Balaban J connectivity index is 1.35. The number of methoxy groups -OCH3 is 2. The summed E-state index contributed by atoms with van der Waals surface area (Å²) in [5.74, 6) is 2.22. The molecule has 3 aromatic heterocycles. The molecule has 1 amide bonds. The number of H-pyrrole nitrogens is 1. The van der Waals surface area contributed by atoms with Crippen LogP contribution in [-0.4, -0.2) is 25.1 Å². The van der Waals surface area contributed by atoms with Gasteiger partial charge in [0, 0.05) is 33.8 Å². The van der Waals surface area contributed by atoms with Crippen LogP contribution >= 0.6 is 0 Å². The third-order valence-electron chi connectivity index (χ3n) is 7.27. The van der Waals surface area contributed by atoms with Crippen LogP contribution in [0.3, 0.4) is 0 Å². The number of aromatic nitrogens is 1. The maximum Gasteiger partial charge on any atom is 0.347 e. The van der Waals surface area contributed by atoms with Crippen molar-refractivity contribution < 1.29 is 23.1 Å². The summed E-state index contributed by atoms with van der Waals surface area (Å²) in [6.07, 6.45) is 2.68. The van der Waals surface area contributed by atoms with E-state index in [4.69, 9.17) is 18.3 Å². The topological polar surface area (TPSA) is 107 Å². The number of hydrogen-bond acceptors (Lipinski definition) is 6. The van der Waals surface area contributed by atoms with E-state index >= 15 is 0 Å². The van der Waals surface area contributed by atoms with Crippen LogP contribution < -0.4 is 20.4 Å². The highest BCUT2D eigenvalue weighted by Crippen LogP contribution is 2.37. The summed E-state index contributed by atoms with van der Waals surface area (Å²) in [5, 5.41) is 4.61. The van der Waals surface area contributed by atoms with Crippen LogP contribution in [0.1, 0.15) is 41.5 Å². The fraction of sp³-hybridized carbons (Fsp3) is 0.267. The van der Waals surface area contributed by atoms with E-state index in [1.165, 1.54) is 5.56 Å². The second-order valence-electron chi connectivity index (χ2n) is 9.64. The van der Waals surface area contributed by atoms with Crippen molar-refractivity contribution in [1.82, 2.24) is 10.3 Å². The zero-order chi connectivity index (χ0) is 26.4. The highest BCUT2D eigenvalue weighted by Gasteiger charge is 2.28. The molecule has 1 aliphatic rings. The lowest BCUT2D eigenvalue weighted by atomic mass is 9.91. The molecule has 1 aliphatic carbocycles. The molecule has 2 aromatic carbocycles. The molecule has 8 nitrogen and oxygen atoms in total. The predicted molar refractivity (Wildman–Crippen MR) is 144 cm³/mol. The predicted octanol–water partition coefficient (Wildman–Crippen LogP) is 5.60. The Labute approximate surface area is 218 Å². The first kappa shape index (κ1) is 23.9. The number of aryl methyl sites for hydroxylation is 2. The van der Waals surface area contributed by atoms with Gasteiger partial charge in [0.1, 0.15) is 34.0 Å². The number of benzene rings is 2. The first-order chi connectivity index (χ1) is 18.4. The van der Waals surface area contributed by atoms with Crippen LogP contribution in [0, 0.1) is 6.92 Å². The Bertz CT molecular complexity index is 1720. The molecule has 0 saturated heterocycles. The molecule has 6 rings (SSSR count). The van der Waals surface area contributed by atoms with E-state index < -0.39 is 5.63 Å². The molecule has 0 bridgehead atoms. The zero-order valence-electron chi connectivity index (χ0n) is 21.5. The first-order valence-corrected chi connectivity index (χ1v) is 12.6. The number of nitrogens with one attached hydrogen (secondary N) is 2. The standard InChI is InChI=1S/C30H28N2O6/c1-16-13-25-27(30(34)37-16)22(29(38-25)17-7-9-18(35-2)10-8-17)15-26(33)31-24-6-4-5-20-21-14-19(36-3)11-12-23(21)32-28(20)24/h7-14,24,32H,4-6,15H2,1-3H3,(H,31,33). The fourth-order valence-corrected chi connectivity index (χ4v) is 5.48. The molecular formula is C30H28N2O6. The number of carbonyl (C=O) groups excluding carboxylic acids is 1. The SMILES string of the molecule is COc1ccc(-c2oc3cc(C)oc(=O)c3c2CC(=O)NC2CCCc3c2[nH]c2ccc(OC)cc32)cc1. The van der Waals surface area contributed by atoms with Gasteiger partial charge in [-0.15, -0.1) is 0 Å². The van der Waals surface area contributed by atoms with E-state index in [1.807, 2.05) is 42.5 Å². The highest BCUT2D eigenvalue weighted by molar-refractivity contribution is 5.93. The van der Waals surface area contributed by atoms with E-state index in [0.717, 1.165) is 47.2 Å². The van der Waals surface area contributed by atoms with Crippen molar-refractivity contribution in [3.8, 4) is 22.8 Å². The highest BCUT2D eigenvalue weighted by atomic mass is 16.5. The van der Waals surface area contributed by atoms with Crippen molar-refractivity contribution in [2.75, 3.05) is 14.2 Å². The lowest BCUT2D eigenvalue weighted by molar-refractivity contribution is -0.121. The van der Waals surface area contributed by atoms with Crippen LogP contribution in [0.15, 0.2) is 62.2 Å². The monoisotopic (exact) mass is 512 g/mol. The van der Waals surface area contributed by atoms with E-state index in [1.54, 1.807) is 27.2 Å². The maximum atomic E-state index is 13.5. The van der Waals surface area contributed by atoms with E-state index in [2.05, 4.69) is 10.3 Å².